The lowest BCUT2D eigenvalue weighted by molar-refractivity contribution is 0.302. The number of rotatable bonds is 4. The van der Waals surface area contributed by atoms with Crippen molar-refractivity contribution in [2.24, 2.45) is 4.99 Å². The number of fused-ring (bicyclic) bond motifs is 1. The summed E-state index contributed by atoms with van der Waals surface area (Å²) >= 11 is 3.48. The van der Waals surface area contributed by atoms with E-state index in [0.717, 1.165) is 10.0 Å². The Hall–Kier alpha value is -4.28. The van der Waals surface area contributed by atoms with E-state index in [4.69, 9.17) is 21.5 Å². The maximum atomic E-state index is 9.50. The number of aromatic nitrogens is 1. The van der Waals surface area contributed by atoms with E-state index >= 15 is 0 Å². The van der Waals surface area contributed by atoms with Crippen molar-refractivity contribution in [3.63, 3.8) is 0 Å². The molecule has 9 nitrogen and oxygen atoms in total. The van der Waals surface area contributed by atoms with Gasteiger partial charge < -0.3 is 21.5 Å². The topological polar surface area (TPSA) is 158 Å². The first kappa shape index (κ1) is 21.0. The van der Waals surface area contributed by atoms with Crippen molar-refractivity contribution in [2.75, 3.05) is 16.8 Å². The van der Waals surface area contributed by atoms with Crippen molar-refractivity contribution in [3.05, 3.63) is 75.3 Å². The predicted molar refractivity (Wildman–Crippen MR) is 124 cm³/mol. The molecule has 1 atom stereocenters. The Balaban J connectivity index is 1.84. The zero-order valence-corrected chi connectivity index (χ0v) is 18.2. The molecule has 1 unspecified atom stereocenters. The zero-order chi connectivity index (χ0) is 22.7. The van der Waals surface area contributed by atoms with Gasteiger partial charge in [0, 0.05) is 15.6 Å². The number of pyridine rings is 1. The Morgan fingerprint density at radius 3 is 2.66 bits per heavy atom. The number of ether oxygens (including phenoxy) is 1. The van der Waals surface area contributed by atoms with E-state index in [1.54, 1.807) is 0 Å². The lowest BCUT2D eigenvalue weighted by Gasteiger charge is -2.27. The second-order valence-corrected chi connectivity index (χ2v) is 7.77. The first-order valence-electron chi connectivity index (χ1n) is 9.46. The van der Waals surface area contributed by atoms with Crippen molar-refractivity contribution in [1.82, 2.24) is 10.3 Å². The van der Waals surface area contributed by atoms with Crippen molar-refractivity contribution in [2.45, 2.75) is 12.6 Å². The Morgan fingerprint density at radius 1 is 1.16 bits per heavy atom. The molecule has 158 valence electrons. The Kier molecular flexibility index (Phi) is 5.79. The zero-order valence-electron chi connectivity index (χ0n) is 16.6. The number of nitriles is 2. The molecule has 0 radical (unpaired) electrons. The van der Waals surface area contributed by atoms with Gasteiger partial charge in [-0.3, -0.25) is 5.32 Å². The van der Waals surface area contributed by atoms with Gasteiger partial charge in [0.25, 0.3) is 0 Å². The Labute approximate surface area is 192 Å². The quantitative estimate of drug-likeness (QED) is 0.321. The third-order valence-corrected chi connectivity index (χ3v) is 5.36. The normalized spacial score (nSPS) is 14.2. The van der Waals surface area contributed by atoms with Gasteiger partial charge in [0.2, 0.25) is 5.96 Å². The van der Waals surface area contributed by atoms with E-state index in [1.165, 1.54) is 0 Å². The summed E-state index contributed by atoms with van der Waals surface area (Å²) in [6, 6.07) is 16.6. The van der Waals surface area contributed by atoms with E-state index in [1.807, 2.05) is 60.8 Å². The fourth-order valence-corrected chi connectivity index (χ4v) is 3.74. The minimum atomic E-state index is -0.693. The second kappa shape index (κ2) is 8.84. The molecule has 1 aromatic heterocycles. The SMILES string of the molecule is N#CNC1=NC(c2ccc(Br)cc2OCc2ccccc2)c2c(nc(N)c(C#N)c2N)N1. The Bertz CT molecular complexity index is 1290. The summed E-state index contributed by atoms with van der Waals surface area (Å²) in [7, 11) is 0. The van der Waals surface area contributed by atoms with Crippen molar-refractivity contribution >= 4 is 39.2 Å². The average Bonchev–Trinajstić information content (AvgIpc) is 2.78. The molecular formula is C22H17BrN8O. The minimum absolute atomic E-state index is 0.00966. The molecule has 0 saturated heterocycles. The molecule has 2 aromatic carbocycles. The first-order valence-corrected chi connectivity index (χ1v) is 10.3. The largest absolute Gasteiger partial charge is 0.488 e. The van der Waals surface area contributed by atoms with E-state index in [9.17, 15) is 5.26 Å². The van der Waals surface area contributed by atoms with Crippen LogP contribution in [0.4, 0.5) is 17.3 Å². The summed E-state index contributed by atoms with van der Waals surface area (Å²) < 4.78 is 6.95. The molecule has 1 aliphatic heterocycles. The number of hydrogen-bond acceptors (Lipinski definition) is 9. The van der Waals surface area contributed by atoms with Gasteiger partial charge in [-0.1, -0.05) is 52.3 Å². The van der Waals surface area contributed by atoms with Crippen LogP contribution in [0.1, 0.15) is 28.3 Å². The standard InChI is InChI=1S/C22H17BrN8O/c23-13-6-7-14(16(8-13)32-10-12-4-2-1-3-5-12)19-17-18(26)15(9-24)20(27)30-21(17)31-22(29-19)28-11-25/h1-8,19H,10H2,(H6,26,27,28,29,30,31). The van der Waals surface area contributed by atoms with Crippen LogP contribution in [0.2, 0.25) is 0 Å². The molecule has 0 aliphatic carbocycles. The highest BCUT2D eigenvalue weighted by atomic mass is 79.9. The maximum Gasteiger partial charge on any atom is 0.211 e. The molecule has 3 aromatic rings. The molecule has 32 heavy (non-hydrogen) atoms. The predicted octanol–water partition coefficient (Wildman–Crippen LogP) is 3.40. The van der Waals surface area contributed by atoms with Crippen LogP contribution in [-0.2, 0) is 6.61 Å². The van der Waals surface area contributed by atoms with Crippen LogP contribution in [0, 0.1) is 22.8 Å². The maximum absolute atomic E-state index is 9.50. The van der Waals surface area contributed by atoms with Crippen LogP contribution in [-0.4, -0.2) is 10.9 Å². The van der Waals surface area contributed by atoms with Crippen LogP contribution < -0.4 is 26.8 Å². The van der Waals surface area contributed by atoms with E-state index in [0.29, 0.717) is 29.3 Å². The highest BCUT2D eigenvalue weighted by Crippen LogP contribution is 2.43. The number of nitrogens with zero attached hydrogens (tertiary/aromatic N) is 4. The van der Waals surface area contributed by atoms with Gasteiger partial charge in [-0.25, -0.2) is 9.98 Å². The number of aliphatic imine (C=N–C) groups is 1. The number of guanidine groups is 1. The molecular weight excluding hydrogens is 472 g/mol. The van der Waals surface area contributed by atoms with E-state index in [-0.39, 0.29) is 23.0 Å². The highest BCUT2D eigenvalue weighted by molar-refractivity contribution is 9.10. The van der Waals surface area contributed by atoms with E-state index < -0.39 is 6.04 Å². The number of hydrogen-bond donors (Lipinski definition) is 4. The summed E-state index contributed by atoms with van der Waals surface area (Å²) in [6.07, 6.45) is 1.84. The number of nitrogens with two attached hydrogens (primary N) is 2. The summed E-state index contributed by atoms with van der Waals surface area (Å²) in [5.74, 6) is 1.05. The first-order chi connectivity index (χ1) is 15.5. The second-order valence-electron chi connectivity index (χ2n) is 6.86. The minimum Gasteiger partial charge on any atom is -0.488 e. The van der Waals surface area contributed by atoms with E-state index in [2.05, 4.69) is 36.5 Å². The summed E-state index contributed by atoms with van der Waals surface area (Å²) in [5.41, 5.74) is 14.6. The lowest BCUT2D eigenvalue weighted by Crippen LogP contribution is -2.32. The summed E-state index contributed by atoms with van der Waals surface area (Å²) in [5, 5.41) is 24.0. The highest BCUT2D eigenvalue weighted by Gasteiger charge is 2.31. The van der Waals surface area contributed by atoms with Crippen LogP contribution in [0.3, 0.4) is 0 Å². The molecule has 0 bridgehead atoms. The number of anilines is 3. The molecule has 4 rings (SSSR count). The number of nitrogens with one attached hydrogen (secondary N) is 2. The van der Waals surface area contributed by atoms with Crippen LogP contribution in [0.5, 0.6) is 5.75 Å². The van der Waals surface area contributed by atoms with Crippen LogP contribution in [0.25, 0.3) is 0 Å². The monoisotopic (exact) mass is 488 g/mol. The average molecular weight is 489 g/mol. The molecule has 0 spiro atoms. The van der Waals surface area contributed by atoms with Gasteiger partial charge in [0.15, 0.2) is 6.19 Å². The Morgan fingerprint density at radius 2 is 1.94 bits per heavy atom. The van der Waals surface area contributed by atoms with Gasteiger partial charge in [-0.15, -0.1) is 0 Å². The van der Waals surface area contributed by atoms with Crippen LogP contribution in [0.15, 0.2) is 58.0 Å². The summed E-state index contributed by atoms with van der Waals surface area (Å²) in [6.45, 7) is 0.341. The number of halogens is 1. The molecule has 0 fully saturated rings. The fraction of sp³-hybridized carbons (Fsp3) is 0.0909. The number of benzene rings is 2. The number of nitrogen functional groups attached to an aromatic ring is 2. The molecule has 0 amide bonds. The van der Waals surface area contributed by atoms with Gasteiger partial charge >= 0.3 is 0 Å². The van der Waals surface area contributed by atoms with Crippen LogP contribution >= 0.6 is 15.9 Å². The summed E-state index contributed by atoms with van der Waals surface area (Å²) in [4.78, 5) is 8.88. The molecule has 2 heterocycles. The van der Waals surface area contributed by atoms with Gasteiger partial charge in [-0.2, -0.15) is 10.5 Å². The molecule has 0 saturated carbocycles. The molecule has 6 N–H and O–H groups in total. The van der Waals surface area contributed by atoms with Crippen molar-refractivity contribution < 1.29 is 4.74 Å². The third-order valence-electron chi connectivity index (χ3n) is 4.86. The molecule has 1 aliphatic rings. The van der Waals surface area contributed by atoms with Gasteiger partial charge in [0.1, 0.15) is 41.7 Å². The fourth-order valence-electron chi connectivity index (χ4n) is 3.40. The molecule has 10 heteroatoms. The van der Waals surface area contributed by atoms with Crippen molar-refractivity contribution in [3.8, 4) is 18.0 Å². The third kappa shape index (κ3) is 4.00. The lowest BCUT2D eigenvalue weighted by atomic mass is 9.94. The van der Waals surface area contributed by atoms with Gasteiger partial charge in [-0.05, 0) is 17.7 Å². The smallest absolute Gasteiger partial charge is 0.211 e. The van der Waals surface area contributed by atoms with Crippen molar-refractivity contribution in [1.29, 1.82) is 10.5 Å². The van der Waals surface area contributed by atoms with Gasteiger partial charge in [0.05, 0.1) is 5.69 Å².